The molecule has 0 aromatic heterocycles. The van der Waals surface area contributed by atoms with E-state index >= 15 is 0 Å². The molecule has 0 fully saturated rings. The third kappa shape index (κ3) is 6.49. The summed E-state index contributed by atoms with van der Waals surface area (Å²) in [7, 11) is 0. The number of rotatable bonds is 8. The van der Waals surface area contributed by atoms with E-state index in [2.05, 4.69) is 63.0 Å². The fourth-order valence-electron chi connectivity index (χ4n) is 2.32. The van der Waals surface area contributed by atoms with Crippen molar-refractivity contribution in [2.75, 3.05) is 31.2 Å². The van der Waals surface area contributed by atoms with Gasteiger partial charge in [0.15, 0.2) is 0 Å². The van der Waals surface area contributed by atoms with E-state index in [1.165, 1.54) is 16.8 Å². The number of hydrogen-bond acceptors (Lipinski definition) is 3. The molecule has 0 aliphatic heterocycles. The SMILES string of the molecule is CCOCCN(CC)c1ccc(CNC(C)(C)C)cc1C. The van der Waals surface area contributed by atoms with Crippen LogP contribution in [0.3, 0.4) is 0 Å². The van der Waals surface area contributed by atoms with Crippen molar-refractivity contribution < 1.29 is 4.74 Å². The van der Waals surface area contributed by atoms with Gasteiger partial charge in [-0.3, -0.25) is 0 Å². The smallest absolute Gasteiger partial charge is 0.0641 e. The number of aryl methyl sites for hydroxylation is 1. The van der Waals surface area contributed by atoms with Crippen molar-refractivity contribution in [3.05, 3.63) is 29.3 Å². The Morgan fingerprint density at radius 2 is 1.90 bits per heavy atom. The van der Waals surface area contributed by atoms with Gasteiger partial charge in [0.1, 0.15) is 0 Å². The number of nitrogens with one attached hydrogen (secondary N) is 1. The number of anilines is 1. The van der Waals surface area contributed by atoms with Crippen LogP contribution in [0.1, 0.15) is 45.7 Å². The molecule has 1 rings (SSSR count). The van der Waals surface area contributed by atoms with Crippen molar-refractivity contribution in [2.24, 2.45) is 0 Å². The monoisotopic (exact) mass is 292 g/mol. The van der Waals surface area contributed by atoms with Crippen molar-refractivity contribution in [2.45, 2.75) is 53.6 Å². The molecule has 120 valence electrons. The average Bonchev–Trinajstić information content (AvgIpc) is 2.42. The van der Waals surface area contributed by atoms with Crippen molar-refractivity contribution in [1.29, 1.82) is 0 Å². The van der Waals surface area contributed by atoms with Gasteiger partial charge in [-0.25, -0.2) is 0 Å². The number of likely N-dealkylation sites (N-methyl/N-ethyl adjacent to an activating group) is 1. The maximum absolute atomic E-state index is 5.48. The van der Waals surface area contributed by atoms with Gasteiger partial charge < -0.3 is 15.0 Å². The molecule has 3 heteroatoms. The van der Waals surface area contributed by atoms with Crippen LogP contribution in [0, 0.1) is 6.92 Å². The van der Waals surface area contributed by atoms with Gasteiger partial charge in [0.05, 0.1) is 6.61 Å². The topological polar surface area (TPSA) is 24.5 Å². The van der Waals surface area contributed by atoms with Gasteiger partial charge in [0.25, 0.3) is 0 Å². The second-order valence-electron chi connectivity index (χ2n) is 6.50. The molecular formula is C18H32N2O. The molecule has 0 saturated heterocycles. The van der Waals surface area contributed by atoms with Crippen LogP contribution in [-0.4, -0.2) is 31.8 Å². The van der Waals surface area contributed by atoms with Crippen LogP contribution in [0.4, 0.5) is 5.69 Å². The Labute approximate surface area is 130 Å². The minimum atomic E-state index is 0.152. The Balaban J connectivity index is 2.71. The van der Waals surface area contributed by atoms with E-state index in [9.17, 15) is 0 Å². The molecule has 0 atom stereocenters. The molecule has 1 N–H and O–H groups in total. The van der Waals surface area contributed by atoms with Crippen LogP contribution in [0.2, 0.25) is 0 Å². The lowest BCUT2D eigenvalue weighted by molar-refractivity contribution is 0.154. The van der Waals surface area contributed by atoms with Gasteiger partial charge in [-0.1, -0.05) is 12.1 Å². The lowest BCUT2D eigenvalue weighted by Crippen LogP contribution is -2.35. The molecule has 1 aromatic rings. The first-order chi connectivity index (χ1) is 9.87. The third-order valence-corrected chi connectivity index (χ3v) is 3.52. The summed E-state index contributed by atoms with van der Waals surface area (Å²) in [6.45, 7) is 17.5. The Morgan fingerprint density at radius 3 is 2.43 bits per heavy atom. The Bertz CT molecular complexity index is 424. The van der Waals surface area contributed by atoms with Crippen molar-refractivity contribution >= 4 is 5.69 Å². The number of benzene rings is 1. The van der Waals surface area contributed by atoms with Crippen LogP contribution >= 0.6 is 0 Å². The summed E-state index contributed by atoms with van der Waals surface area (Å²) in [5.74, 6) is 0. The van der Waals surface area contributed by atoms with Crippen LogP contribution < -0.4 is 10.2 Å². The second-order valence-corrected chi connectivity index (χ2v) is 6.50. The number of nitrogens with zero attached hydrogens (tertiary/aromatic N) is 1. The molecule has 0 heterocycles. The highest BCUT2D eigenvalue weighted by atomic mass is 16.5. The van der Waals surface area contributed by atoms with Crippen molar-refractivity contribution in [1.82, 2.24) is 5.32 Å². The molecule has 3 nitrogen and oxygen atoms in total. The first-order valence-electron chi connectivity index (χ1n) is 8.04. The van der Waals surface area contributed by atoms with E-state index < -0.39 is 0 Å². The molecule has 0 bridgehead atoms. The minimum absolute atomic E-state index is 0.152. The van der Waals surface area contributed by atoms with E-state index in [1.54, 1.807) is 0 Å². The maximum Gasteiger partial charge on any atom is 0.0641 e. The van der Waals surface area contributed by atoms with Crippen LogP contribution in [-0.2, 0) is 11.3 Å². The average molecular weight is 292 g/mol. The largest absolute Gasteiger partial charge is 0.380 e. The highest BCUT2D eigenvalue weighted by Crippen LogP contribution is 2.21. The molecule has 0 saturated carbocycles. The normalized spacial score (nSPS) is 11.7. The lowest BCUT2D eigenvalue weighted by atomic mass is 10.1. The first kappa shape index (κ1) is 18.0. The van der Waals surface area contributed by atoms with Gasteiger partial charge in [-0.05, 0) is 58.7 Å². The van der Waals surface area contributed by atoms with E-state index in [1.807, 2.05) is 6.92 Å². The Morgan fingerprint density at radius 1 is 1.19 bits per heavy atom. The predicted molar refractivity (Wildman–Crippen MR) is 92.2 cm³/mol. The van der Waals surface area contributed by atoms with E-state index in [0.29, 0.717) is 0 Å². The molecule has 0 radical (unpaired) electrons. The Kier molecular flexibility index (Phi) is 7.20. The first-order valence-corrected chi connectivity index (χ1v) is 8.04. The molecule has 0 unspecified atom stereocenters. The van der Waals surface area contributed by atoms with E-state index in [4.69, 9.17) is 4.74 Å². The lowest BCUT2D eigenvalue weighted by Gasteiger charge is -2.26. The van der Waals surface area contributed by atoms with Crippen LogP contribution in [0.25, 0.3) is 0 Å². The van der Waals surface area contributed by atoms with Gasteiger partial charge in [-0.15, -0.1) is 0 Å². The third-order valence-electron chi connectivity index (χ3n) is 3.52. The highest BCUT2D eigenvalue weighted by Gasteiger charge is 2.11. The zero-order valence-electron chi connectivity index (χ0n) is 14.6. The summed E-state index contributed by atoms with van der Waals surface area (Å²) in [6, 6.07) is 6.76. The summed E-state index contributed by atoms with van der Waals surface area (Å²) in [5, 5.41) is 3.54. The van der Waals surface area contributed by atoms with Crippen LogP contribution in [0.5, 0.6) is 0 Å². The predicted octanol–water partition coefficient (Wildman–Crippen LogP) is 3.75. The molecular weight excluding hydrogens is 260 g/mol. The van der Waals surface area contributed by atoms with Crippen LogP contribution in [0.15, 0.2) is 18.2 Å². The summed E-state index contributed by atoms with van der Waals surface area (Å²) in [4.78, 5) is 2.38. The summed E-state index contributed by atoms with van der Waals surface area (Å²) < 4.78 is 5.48. The number of ether oxygens (including phenoxy) is 1. The molecule has 1 aromatic carbocycles. The molecule has 0 amide bonds. The van der Waals surface area contributed by atoms with E-state index in [-0.39, 0.29) is 5.54 Å². The number of hydrogen-bond donors (Lipinski definition) is 1. The second kappa shape index (κ2) is 8.40. The molecule has 0 aliphatic rings. The van der Waals surface area contributed by atoms with Crippen molar-refractivity contribution in [3.8, 4) is 0 Å². The zero-order chi connectivity index (χ0) is 15.9. The molecule has 21 heavy (non-hydrogen) atoms. The Hall–Kier alpha value is -1.06. The fourth-order valence-corrected chi connectivity index (χ4v) is 2.32. The highest BCUT2D eigenvalue weighted by molar-refractivity contribution is 5.54. The van der Waals surface area contributed by atoms with Crippen molar-refractivity contribution in [3.63, 3.8) is 0 Å². The van der Waals surface area contributed by atoms with Gasteiger partial charge in [-0.2, -0.15) is 0 Å². The summed E-state index contributed by atoms with van der Waals surface area (Å²) in [6.07, 6.45) is 0. The molecule has 0 aliphatic carbocycles. The zero-order valence-corrected chi connectivity index (χ0v) is 14.6. The summed E-state index contributed by atoms with van der Waals surface area (Å²) >= 11 is 0. The standard InChI is InChI=1S/C18H32N2O/c1-7-20(11-12-21-8-2)17-10-9-16(13-15(17)3)14-19-18(4,5)6/h9-10,13,19H,7-8,11-12,14H2,1-6H3. The van der Waals surface area contributed by atoms with Gasteiger partial charge in [0.2, 0.25) is 0 Å². The maximum atomic E-state index is 5.48. The quantitative estimate of drug-likeness (QED) is 0.739. The molecule has 0 spiro atoms. The van der Waals surface area contributed by atoms with Gasteiger partial charge >= 0.3 is 0 Å². The summed E-state index contributed by atoms with van der Waals surface area (Å²) in [5.41, 5.74) is 4.14. The van der Waals surface area contributed by atoms with E-state index in [0.717, 1.165) is 32.8 Å². The minimum Gasteiger partial charge on any atom is -0.380 e. The van der Waals surface area contributed by atoms with Gasteiger partial charge in [0, 0.05) is 37.5 Å². The fraction of sp³-hybridized carbons (Fsp3) is 0.667.